The van der Waals surface area contributed by atoms with E-state index >= 15 is 0 Å². The maximum atomic E-state index is 6.26. The van der Waals surface area contributed by atoms with Crippen molar-refractivity contribution in [2.24, 2.45) is 0 Å². The van der Waals surface area contributed by atoms with Gasteiger partial charge in [-0.15, -0.1) is 0 Å². The number of hydrogen-bond acceptors (Lipinski definition) is 3. The van der Waals surface area contributed by atoms with Gasteiger partial charge in [-0.3, -0.25) is 0 Å². The Bertz CT molecular complexity index is 356. The van der Waals surface area contributed by atoms with E-state index in [1.165, 1.54) is 5.56 Å². The molecule has 0 saturated carbocycles. The predicted molar refractivity (Wildman–Crippen MR) is 71.2 cm³/mol. The van der Waals surface area contributed by atoms with Gasteiger partial charge in [-0.1, -0.05) is 0 Å². The van der Waals surface area contributed by atoms with Crippen LogP contribution in [-0.2, 0) is 7.53 Å². The summed E-state index contributed by atoms with van der Waals surface area (Å²) in [5, 5.41) is 0. The molecule has 1 unspecified atom stereocenters. The van der Waals surface area contributed by atoms with Crippen molar-refractivity contribution in [3.05, 3.63) is 35.9 Å². The third-order valence-corrected chi connectivity index (χ3v) is 6.67. The van der Waals surface area contributed by atoms with Crippen LogP contribution in [-0.4, -0.2) is 45.6 Å². The molecule has 0 spiro atoms. The van der Waals surface area contributed by atoms with Gasteiger partial charge >= 0.3 is 107 Å². The summed E-state index contributed by atoms with van der Waals surface area (Å²) in [5.74, 6) is 4.34. The Morgan fingerprint density at radius 1 is 1.24 bits per heavy atom. The fourth-order valence-corrected chi connectivity index (χ4v) is 5.32. The average Bonchev–Trinajstić information content (AvgIpc) is 2.27. The van der Waals surface area contributed by atoms with Crippen molar-refractivity contribution in [3.8, 4) is 0 Å². The third kappa shape index (κ3) is 3.81. The van der Waals surface area contributed by atoms with Crippen LogP contribution in [0, 0.1) is 0 Å². The Morgan fingerprint density at radius 2 is 1.94 bits per heavy atom. The van der Waals surface area contributed by atoms with Gasteiger partial charge in [-0.2, -0.15) is 0 Å². The molecular formula is C13H21GeNO2. The van der Waals surface area contributed by atoms with E-state index in [9.17, 15) is 0 Å². The van der Waals surface area contributed by atoms with Crippen LogP contribution in [0.15, 0.2) is 30.3 Å². The summed E-state index contributed by atoms with van der Waals surface area (Å²) in [6.07, 6.45) is 0.150. The van der Waals surface area contributed by atoms with Gasteiger partial charge in [-0.25, -0.2) is 0 Å². The first-order valence-corrected chi connectivity index (χ1v) is 12.0. The number of benzene rings is 1. The van der Waals surface area contributed by atoms with Gasteiger partial charge in [0.1, 0.15) is 0 Å². The third-order valence-electron chi connectivity index (χ3n) is 3.00. The van der Waals surface area contributed by atoms with E-state index in [1.807, 2.05) is 6.07 Å². The van der Waals surface area contributed by atoms with E-state index in [2.05, 4.69) is 47.7 Å². The number of nitrogens with zero attached hydrogens (tertiary/aromatic N) is 1. The Labute approximate surface area is 107 Å². The van der Waals surface area contributed by atoms with E-state index in [-0.39, 0.29) is 6.10 Å². The van der Waals surface area contributed by atoms with Crippen molar-refractivity contribution in [2.45, 2.75) is 17.6 Å². The predicted octanol–water partition coefficient (Wildman–Crippen LogP) is 2.41. The molecule has 0 aliphatic carbocycles. The van der Waals surface area contributed by atoms with Crippen LogP contribution in [0.2, 0.25) is 11.5 Å². The summed E-state index contributed by atoms with van der Waals surface area (Å²) in [4.78, 5) is 2.27. The topological polar surface area (TPSA) is 21.7 Å². The van der Waals surface area contributed by atoms with Crippen molar-refractivity contribution in [2.75, 3.05) is 26.7 Å². The molecule has 1 atom stereocenters. The number of likely N-dealkylation sites (N-methyl/N-ethyl adjacent to an activating group) is 1. The first-order chi connectivity index (χ1) is 8.07. The Kier molecular flexibility index (Phi) is 4.25. The van der Waals surface area contributed by atoms with Crippen molar-refractivity contribution in [1.82, 2.24) is 4.90 Å². The standard InChI is InChI=1S/C13H21GeNO2/c1-14(2)16-10-9-15(3)11-13(17-14)12-7-5-4-6-8-12/h4-8,13H,9-11H2,1-3H3. The number of rotatable bonds is 1. The first-order valence-electron chi connectivity index (χ1n) is 6.12. The Hall–Kier alpha value is -0.357. The van der Waals surface area contributed by atoms with E-state index in [0.29, 0.717) is 0 Å². The van der Waals surface area contributed by atoms with E-state index < -0.39 is 13.9 Å². The zero-order valence-electron chi connectivity index (χ0n) is 10.8. The number of hydrogen-bond donors (Lipinski definition) is 0. The zero-order chi connectivity index (χ0) is 12.3. The van der Waals surface area contributed by atoms with Gasteiger partial charge in [0.15, 0.2) is 0 Å². The van der Waals surface area contributed by atoms with E-state index in [1.54, 1.807) is 0 Å². The summed E-state index contributed by atoms with van der Waals surface area (Å²) >= 11 is -2.49. The van der Waals surface area contributed by atoms with Crippen LogP contribution >= 0.6 is 0 Å². The molecular weight excluding hydrogens is 275 g/mol. The molecule has 3 nitrogen and oxygen atoms in total. The Balaban J connectivity index is 2.17. The molecule has 4 heteroatoms. The van der Waals surface area contributed by atoms with E-state index in [0.717, 1.165) is 19.7 Å². The molecule has 1 saturated heterocycles. The van der Waals surface area contributed by atoms with Crippen LogP contribution in [0.5, 0.6) is 0 Å². The summed E-state index contributed by atoms with van der Waals surface area (Å²) in [6.45, 7) is 2.73. The molecule has 0 N–H and O–H groups in total. The van der Waals surface area contributed by atoms with Crippen LogP contribution < -0.4 is 0 Å². The molecule has 1 heterocycles. The summed E-state index contributed by atoms with van der Waals surface area (Å²) in [7, 11) is 2.12. The average molecular weight is 296 g/mol. The van der Waals surface area contributed by atoms with Crippen molar-refractivity contribution in [3.63, 3.8) is 0 Å². The molecule has 1 aromatic rings. The fraction of sp³-hybridized carbons (Fsp3) is 0.538. The molecule has 0 aromatic heterocycles. The second kappa shape index (κ2) is 5.52. The normalized spacial score (nSPS) is 26.2. The molecule has 0 radical (unpaired) electrons. The second-order valence-corrected chi connectivity index (χ2v) is 12.0. The molecule has 1 aliphatic rings. The van der Waals surface area contributed by atoms with Gasteiger partial charge < -0.3 is 0 Å². The van der Waals surface area contributed by atoms with Gasteiger partial charge in [0, 0.05) is 0 Å². The molecule has 17 heavy (non-hydrogen) atoms. The van der Waals surface area contributed by atoms with Gasteiger partial charge in [0.2, 0.25) is 0 Å². The SMILES string of the molecule is CN1CC[O][Ge]([CH3])([CH3])[O]C(c2ccccc2)C1. The minimum absolute atomic E-state index is 0.150. The molecule has 94 valence electrons. The first kappa shape index (κ1) is 13.1. The molecule has 1 aliphatic heterocycles. The van der Waals surface area contributed by atoms with E-state index in [4.69, 9.17) is 7.53 Å². The van der Waals surface area contributed by atoms with Crippen LogP contribution in [0.25, 0.3) is 0 Å². The fourth-order valence-electron chi connectivity index (χ4n) is 2.08. The molecule has 1 fully saturated rings. The summed E-state index contributed by atoms with van der Waals surface area (Å²) < 4.78 is 12.2. The molecule has 1 aromatic carbocycles. The maximum absolute atomic E-state index is 6.26. The zero-order valence-corrected chi connectivity index (χ0v) is 12.9. The van der Waals surface area contributed by atoms with Gasteiger partial charge in [0.25, 0.3) is 0 Å². The second-order valence-electron chi connectivity index (χ2n) is 5.03. The van der Waals surface area contributed by atoms with Crippen molar-refractivity contribution >= 4 is 13.9 Å². The summed E-state index contributed by atoms with van der Waals surface area (Å²) in [5.41, 5.74) is 1.25. The quantitative estimate of drug-likeness (QED) is 0.743. The monoisotopic (exact) mass is 297 g/mol. The van der Waals surface area contributed by atoms with Crippen molar-refractivity contribution < 1.29 is 7.53 Å². The van der Waals surface area contributed by atoms with Gasteiger partial charge in [-0.05, 0) is 0 Å². The van der Waals surface area contributed by atoms with Gasteiger partial charge in [0.05, 0.1) is 0 Å². The Morgan fingerprint density at radius 3 is 2.65 bits per heavy atom. The van der Waals surface area contributed by atoms with Crippen LogP contribution in [0.4, 0.5) is 0 Å². The van der Waals surface area contributed by atoms with Crippen LogP contribution in [0.3, 0.4) is 0 Å². The molecule has 2 rings (SSSR count). The van der Waals surface area contributed by atoms with Crippen molar-refractivity contribution in [1.29, 1.82) is 0 Å². The summed E-state index contributed by atoms with van der Waals surface area (Å²) in [6, 6.07) is 10.5. The molecule has 0 bridgehead atoms. The van der Waals surface area contributed by atoms with Crippen LogP contribution in [0.1, 0.15) is 11.7 Å². The minimum atomic E-state index is -2.49. The molecule has 0 amide bonds.